The molecule has 5 rings (SSSR count). The first-order valence-corrected chi connectivity index (χ1v) is 11.8. The zero-order chi connectivity index (χ0) is 21.2. The van der Waals surface area contributed by atoms with Crippen LogP contribution < -0.4 is 5.56 Å². The number of aromatic nitrogens is 3. The number of aryl methyl sites for hydroxylation is 1. The molecule has 0 bridgehead atoms. The maximum atomic E-state index is 13.3. The zero-order valence-electron chi connectivity index (χ0n) is 16.9. The Labute approximate surface area is 188 Å². The van der Waals surface area contributed by atoms with E-state index in [4.69, 9.17) is 9.97 Å². The average Bonchev–Trinajstić information content (AvgIpc) is 3.28. The Hall–Kier alpha value is -3.22. The molecule has 0 N–H and O–H groups in total. The molecule has 0 fully saturated rings. The fraction of sp³-hybridized carbons (Fsp3) is 0.0800. The minimum atomic E-state index is -0.0554. The molecular weight excluding hydrogens is 422 g/mol. The van der Waals surface area contributed by atoms with E-state index in [-0.39, 0.29) is 5.56 Å². The molecule has 6 heteroatoms. The molecule has 2 aromatic heterocycles. The second-order valence-corrected chi connectivity index (χ2v) is 8.99. The summed E-state index contributed by atoms with van der Waals surface area (Å²) < 4.78 is 1.71. The summed E-state index contributed by atoms with van der Waals surface area (Å²) in [5, 5.41) is 4.36. The molecule has 2 heterocycles. The minimum absolute atomic E-state index is 0.0554. The van der Waals surface area contributed by atoms with E-state index >= 15 is 0 Å². The Bertz CT molecular complexity index is 1410. The monoisotopic (exact) mass is 441 g/mol. The number of hydrogen-bond acceptors (Lipinski definition) is 5. The molecule has 31 heavy (non-hydrogen) atoms. The molecule has 0 radical (unpaired) electrons. The van der Waals surface area contributed by atoms with Crippen LogP contribution >= 0.6 is 23.1 Å². The molecule has 0 amide bonds. The van der Waals surface area contributed by atoms with Gasteiger partial charge in [0.1, 0.15) is 5.01 Å². The van der Waals surface area contributed by atoms with Crippen molar-refractivity contribution in [1.29, 1.82) is 0 Å². The quantitative estimate of drug-likeness (QED) is 0.244. The maximum Gasteiger partial charge on any atom is 0.266 e. The summed E-state index contributed by atoms with van der Waals surface area (Å²) in [6.45, 7) is 2.04. The van der Waals surface area contributed by atoms with E-state index in [9.17, 15) is 4.79 Å². The molecule has 5 aromatic rings. The highest BCUT2D eigenvalue weighted by Crippen LogP contribution is 2.28. The van der Waals surface area contributed by atoms with E-state index in [0.29, 0.717) is 21.8 Å². The van der Waals surface area contributed by atoms with E-state index in [2.05, 4.69) is 17.5 Å². The van der Waals surface area contributed by atoms with Crippen molar-refractivity contribution in [3.63, 3.8) is 0 Å². The third-order valence-electron chi connectivity index (χ3n) is 4.96. The van der Waals surface area contributed by atoms with Crippen LogP contribution in [0.1, 0.15) is 11.3 Å². The van der Waals surface area contributed by atoms with Gasteiger partial charge in [0.25, 0.3) is 5.56 Å². The lowest BCUT2D eigenvalue weighted by atomic mass is 10.2. The van der Waals surface area contributed by atoms with Crippen LogP contribution in [0.15, 0.2) is 94.2 Å². The Kier molecular flexibility index (Phi) is 5.40. The standard InChI is InChI=1S/C25H19N3OS2/c1-17-11-13-20(14-12-17)28-24(29)21-9-5-6-10-22(21)27-25(28)31-16-19-15-30-23(26-19)18-7-3-2-4-8-18/h2-15H,16H2,1H3. The number of benzene rings is 3. The topological polar surface area (TPSA) is 47.8 Å². The highest BCUT2D eigenvalue weighted by atomic mass is 32.2. The van der Waals surface area contributed by atoms with Crippen molar-refractivity contribution in [3.05, 3.63) is 106 Å². The summed E-state index contributed by atoms with van der Waals surface area (Å²) in [7, 11) is 0. The fourth-order valence-corrected chi connectivity index (χ4v) is 5.19. The van der Waals surface area contributed by atoms with Gasteiger partial charge in [-0.1, -0.05) is 71.9 Å². The summed E-state index contributed by atoms with van der Waals surface area (Å²) in [5.74, 6) is 0.639. The molecular formula is C25H19N3OS2. The summed E-state index contributed by atoms with van der Waals surface area (Å²) in [4.78, 5) is 22.9. The molecule has 0 aliphatic heterocycles. The average molecular weight is 442 g/mol. The van der Waals surface area contributed by atoms with Crippen LogP contribution in [0.3, 0.4) is 0 Å². The first kappa shape index (κ1) is 19.7. The van der Waals surface area contributed by atoms with Crippen LogP contribution in [0.4, 0.5) is 0 Å². The van der Waals surface area contributed by atoms with Crippen molar-refractivity contribution in [2.24, 2.45) is 0 Å². The molecule has 0 spiro atoms. The first-order valence-electron chi connectivity index (χ1n) is 9.90. The van der Waals surface area contributed by atoms with Crippen LogP contribution in [0.25, 0.3) is 27.2 Å². The van der Waals surface area contributed by atoms with Crippen LogP contribution in [0.2, 0.25) is 0 Å². The Morgan fingerprint density at radius 3 is 2.45 bits per heavy atom. The smallest absolute Gasteiger partial charge is 0.266 e. The molecule has 0 atom stereocenters. The van der Waals surface area contributed by atoms with E-state index in [1.807, 2.05) is 73.7 Å². The Balaban J connectivity index is 1.52. The highest BCUT2D eigenvalue weighted by Gasteiger charge is 2.14. The third-order valence-corrected chi connectivity index (χ3v) is 6.87. The molecule has 4 nitrogen and oxygen atoms in total. The summed E-state index contributed by atoms with van der Waals surface area (Å²) in [6, 6.07) is 25.6. The van der Waals surface area contributed by atoms with Crippen LogP contribution in [-0.4, -0.2) is 14.5 Å². The number of para-hydroxylation sites is 1. The predicted octanol–water partition coefficient (Wildman–Crippen LogP) is 6.11. The SMILES string of the molecule is Cc1ccc(-n2c(SCc3csc(-c4ccccc4)n3)nc3ccccc3c2=O)cc1. The lowest BCUT2D eigenvalue weighted by molar-refractivity contribution is 0.819. The van der Waals surface area contributed by atoms with Gasteiger partial charge in [0.05, 0.1) is 22.3 Å². The largest absolute Gasteiger partial charge is 0.268 e. The normalized spacial score (nSPS) is 11.1. The van der Waals surface area contributed by atoms with Crippen molar-refractivity contribution in [3.8, 4) is 16.3 Å². The van der Waals surface area contributed by atoms with Gasteiger partial charge in [-0.2, -0.15) is 0 Å². The first-order chi connectivity index (χ1) is 15.2. The van der Waals surface area contributed by atoms with Gasteiger partial charge in [-0.3, -0.25) is 9.36 Å². The van der Waals surface area contributed by atoms with Gasteiger partial charge in [-0.05, 0) is 31.2 Å². The van der Waals surface area contributed by atoms with Gasteiger partial charge in [-0.25, -0.2) is 9.97 Å². The number of fused-ring (bicyclic) bond motifs is 1. The van der Waals surface area contributed by atoms with Gasteiger partial charge in [0.15, 0.2) is 5.16 Å². The van der Waals surface area contributed by atoms with Crippen LogP contribution in [0.5, 0.6) is 0 Å². The van der Waals surface area contributed by atoms with Gasteiger partial charge in [0.2, 0.25) is 0 Å². The fourth-order valence-electron chi connectivity index (χ4n) is 3.36. The van der Waals surface area contributed by atoms with Gasteiger partial charge in [0, 0.05) is 16.7 Å². The highest BCUT2D eigenvalue weighted by molar-refractivity contribution is 7.98. The van der Waals surface area contributed by atoms with Crippen LogP contribution in [0, 0.1) is 6.92 Å². The number of nitrogens with zero attached hydrogens (tertiary/aromatic N) is 3. The minimum Gasteiger partial charge on any atom is -0.268 e. The number of thioether (sulfide) groups is 1. The van der Waals surface area contributed by atoms with Crippen molar-refractivity contribution in [1.82, 2.24) is 14.5 Å². The van der Waals surface area contributed by atoms with E-state index in [1.54, 1.807) is 15.9 Å². The van der Waals surface area contributed by atoms with E-state index in [1.165, 1.54) is 11.8 Å². The maximum absolute atomic E-state index is 13.3. The van der Waals surface area contributed by atoms with Gasteiger partial charge in [-0.15, -0.1) is 11.3 Å². The predicted molar refractivity (Wildman–Crippen MR) is 129 cm³/mol. The molecule has 3 aromatic carbocycles. The zero-order valence-corrected chi connectivity index (χ0v) is 18.5. The van der Waals surface area contributed by atoms with E-state index < -0.39 is 0 Å². The molecule has 0 aliphatic rings. The summed E-state index contributed by atoms with van der Waals surface area (Å²) >= 11 is 3.17. The number of thiazole rings is 1. The van der Waals surface area contributed by atoms with Crippen molar-refractivity contribution >= 4 is 34.0 Å². The summed E-state index contributed by atoms with van der Waals surface area (Å²) in [5.41, 5.74) is 4.72. The molecule has 0 saturated heterocycles. The van der Waals surface area contributed by atoms with Crippen molar-refractivity contribution in [2.45, 2.75) is 17.8 Å². The van der Waals surface area contributed by atoms with Crippen molar-refractivity contribution in [2.75, 3.05) is 0 Å². The molecule has 0 aliphatic carbocycles. The third kappa shape index (κ3) is 4.04. The lowest BCUT2D eigenvalue weighted by Crippen LogP contribution is -2.21. The number of hydrogen-bond donors (Lipinski definition) is 0. The summed E-state index contributed by atoms with van der Waals surface area (Å²) in [6.07, 6.45) is 0. The number of rotatable bonds is 5. The molecule has 0 unspecified atom stereocenters. The second-order valence-electron chi connectivity index (χ2n) is 7.19. The molecule has 152 valence electrons. The van der Waals surface area contributed by atoms with Gasteiger partial charge < -0.3 is 0 Å². The molecule has 0 saturated carbocycles. The Morgan fingerprint density at radius 1 is 0.903 bits per heavy atom. The lowest BCUT2D eigenvalue weighted by Gasteiger charge is -2.13. The second kappa shape index (κ2) is 8.49. The van der Waals surface area contributed by atoms with Crippen LogP contribution in [-0.2, 0) is 5.75 Å². The van der Waals surface area contributed by atoms with Gasteiger partial charge >= 0.3 is 0 Å². The van der Waals surface area contributed by atoms with E-state index in [0.717, 1.165) is 27.5 Å². The van der Waals surface area contributed by atoms with Crippen molar-refractivity contribution < 1.29 is 0 Å². The Morgan fingerprint density at radius 2 is 1.65 bits per heavy atom.